The van der Waals surface area contributed by atoms with Crippen molar-refractivity contribution in [1.29, 1.82) is 0 Å². The van der Waals surface area contributed by atoms with Gasteiger partial charge in [0.25, 0.3) is 0 Å². The third kappa shape index (κ3) is 2.58. The van der Waals surface area contributed by atoms with E-state index in [-0.39, 0.29) is 0 Å². The molecule has 1 aromatic rings. The lowest BCUT2D eigenvalue weighted by Crippen LogP contribution is -2.00. The first kappa shape index (κ1) is 13.9. The monoisotopic (exact) mass is 636 g/mol. The molecule has 1 rings (SSSR count). The molecule has 0 N–H and O–H groups in total. The van der Waals surface area contributed by atoms with Crippen molar-refractivity contribution in [3.8, 4) is 0 Å². The normalized spacial score (nSPS) is 10.4. The highest BCUT2D eigenvalue weighted by Crippen LogP contribution is 2.36. The highest BCUT2D eigenvalue weighted by Gasteiger charge is 2.15. The van der Waals surface area contributed by atoms with Crippen LogP contribution >= 0.6 is 90.4 Å². The second-order valence-corrected chi connectivity index (χ2v) is 7.51. The Hall–Kier alpha value is 1.88. The predicted octanol–water partition coefficient (Wildman–Crippen LogP) is 5.52. The second kappa shape index (κ2) is 5.48. The van der Waals surface area contributed by atoms with Gasteiger partial charge in [0.1, 0.15) is 0 Å². The van der Waals surface area contributed by atoms with Gasteiger partial charge in [0.2, 0.25) is 0 Å². The fourth-order valence-corrected chi connectivity index (χ4v) is 5.26. The third-order valence-corrected chi connectivity index (χ3v) is 8.25. The Morgan fingerprint density at radius 1 is 0.929 bits per heavy atom. The highest BCUT2D eigenvalue weighted by molar-refractivity contribution is 14.1. The summed E-state index contributed by atoms with van der Waals surface area (Å²) in [5.74, 6) is 0. The van der Waals surface area contributed by atoms with Crippen LogP contribution in [0.5, 0.6) is 0 Å². The first-order valence-corrected chi connectivity index (χ1v) is 8.17. The number of rotatable bonds is 1. The van der Waals surface area contributed by atoms with Crippen LogP contribution in [0.25, 0.3) is 3.58 Å². The first-order chi connectivity index (χ1) is 6.37. The molecule has 0 spiro atoms. The summed E-state index contributed by atoms with van der Waals surface area (Å²) in [5.41, 5.74) is 4.05. The minimum atomic E-state index is 1.13. The standard InChI is InChI=1S/C10H8I4/c1-4-5(2)8(12)10(14)9(13)7(4)6(3)11/h3H2,1-2H3. The van der Waals surface area contributed by atoms with Crippen LogP contribution in [0.4, 0.5) is 0 Å². The average molecular weight is 636 g/mol. The molecule has 0 bridgehead atoms. The molecule has 0 aliphatic heterocycles. The van der Waals surface area contributed by atoms with Crippen molar-refractivity contribution in [2.45, 2.75) is 13.8 Å². The Morgan fingerprint density at radius 3 is 1.86 bits per heavy atom. The van der Waals surface area contributed by atoms with E-state index in [1.807, 2.05) is 0 Å². The zero-order valence-corrected chi connectivity index (χ0v) is 16.3. The second-order valence-electron chi connectivity index (χ2n) is 2.97. The molecule has 0 heterocycles. The summed E-state index contributed by atoms with van der Waals surface area (Å²) in [6.45, 7) is 8.39. The molecule has 1 aromatic carbocycles. The Morgan fingerprint density at radius 2 is 1.43 bits per heavy atom. The maximum absolute atomic E-state index is 4.04. The molecule has 0 radical (unpaired) electrons. The summed E-state index contributed by atoms with van der Waals surface area (Å²) >= 11 is 9.54. The van der Waals surface area contributed by atoms with E-state index in [9.17, 15) is 0 Å². The van der Waals surface area contributed by atoms with Crippen LogP contribution in [-0.4, -0.2) is 0 Å². The summed E-state index contributed by atoms with van der Waals surface area (Å²) in [4.78, 5) is 0. The van der Waals surface area contributed by atoms with E-state index < -0.39 is 0 Å². The Bertz CT molecular complexity index is 378. The number of hydrogen-bond donors (Lipinski definition) is 0. The van der Waals surface area contributed by atoms with Crippen LogP contribution in [0.2, 0.25) is 0 Å². The Balaban J connectivity index is 3.68. The number of hydrogen-bond acceptors (Lipinski definition) is 0. The van der Waals surface area contributed by atoms with Crippen LogP contribution in [0.3, 0.4) is 0 Å². The van der Waals surface area contributed by atoms with E-state index in [0.29, 0.717) is 0 Å². The molecule has 0 aliphatic rings. The molecule has 0 amide bonds. The van der Waals surface area contributed by atoms with Crippen molar-refractivity contribution >= 4 is 93.9 Å². The molecule has 0 fully saturated rings. The van der Waals surface area contributed by atoms with Gasteiger partial charge in [-0.2, -0.15) is 0 Å². The van der Waals surface area contributed by atoms with Crippen molar-refractivity contribution in [3.63, 3.8) is 0 Å². The summed E-state index contributed by atoms with van der Waals surface area (Å²) < 4.78 is 5.17. The van der Waals surface area contributed by atoms with Crippen LogP contribution < -0.4 is 0 Å². The SMILES string of the molecule is C=C(I)c1c(C)c(C)c(I)c(I)c1I. The maximum Gasteiger partial charge on any atom is 0.0406 e. The molecule has 0 aromatic heterocycles. The smallest absolute Gasteiger partial charge is 0.0406 e. The topological polar surface area (TPSA) is 0 Å². The van der Waals surface area contributed by atoms with Gasteiger partial charge >= 0.3 is 0 Å². The lowest BCUT2D eigenvalue weighted by Gasteiger charge is -2.14. The molecule has 0 atom stereocenters. The highest BCUT2D eigenvalue weighted by atomic mass is 127. The Labute approximate surface area is 139 Å². The van der Waals surface area contributed by atoms with Gasteiger partial charge in [-0.3, -0.25) is 0 Å². The summed E-state index contributed by atoms with van der Waals surface area (Å²) in [7, 11) is 0. The van der Waals surface area contributed by atoms with Gasteiger partial charge < -0.3 is 0 Å². The van der Waals surface area contributed by atoms with Crippen molar-refractivity contribution in [3.05, 3.63) is 34.0 Å². The van der Waals surface area contributed by atoms with Gasteiger partial charge in [0.15, 0.2) is 0 Å². The first-order valence-electron chi connectivity index (χ1n) is 3.86. The largest absolute Gasteiger partial charge is 0.0849 e. The molecular formula is C10H8I4. The third-order valence-electron chi connectivity index (χ3n) is 2.14. The molecule has 76 valence electrons. The number of benzene rings is 1. The fraction of sp³-hybridized carbons (Fsp3) is 0.200. The predicted molar refractivity (Wildman–Crippen MR) is 97.1 cm³/mol. The van der Waals surface area contributed by atoms with E-state index in [0.717, 1.165) is 3.58 Å². The van der Waals surface area contributed by atoms with Crippen LogP contribution in [0.1, 0.15) is 16.7 Å². The van der Waals surface area contributed by atoms with Gasteiger partial charge in [-0.25, -0.2) is 0 Å². The van der Waals surface area contributed by atoms with Crippen LogP contribution in [0, 0.1) is 24.6 Å². The van der Waals surface area contributed by atoms with Gasteiger partial charge in [-0.15, -0.1) is 0 Å². The van der Waals surface area contributed by atoms with Crippen molar-refractivity contribution < 1.29 is 0 Å². The molecule has 0 unspecified atom stereocenters. The van der Waals surface area contributed by atoms with E-state index in [4.69, 9.17) is 0 Å². The van der Waals surface area contributed by atoms with Gasteiger partial charge in [-0.05, 0) is 115 Å². The average Bonchev–Trinajstić information content (AvgIpc) is 2.11. The lowest BCUT2D eigenvalue weighted by molar-refractivity contribution is 1.26. The van der Waals surface area contributed by atoms with Crippen molar-refractivity contribution in [2.24, 2.45) is 0 Å². The molecule has 0 saturated carbocycles. The summed E-state index contributed by atoms with van der Waals surface area (Å²) in [6, 6.07) is 0. The van der Waals surface area contributed by atoms with E-state index in [1.54, 1.807) is 0 Å². The van der Waals surface area contributed by atoms with Gasteiger partial charge in [0, 0.05) is 19.9 Å². The van der Waals surface area contributed by atoms with Gasteiger partial charge in [-0.1, -0.05) is 6.58 Å². The van der Waals surface area contributed by atoms with Gasteiger partial charge in [0.05, 0.1) is 0 Å². The quantitative estimate of drug-likeness (QED) is 0.282. The minimum Gasteiger partial charge on any atom is -0.0849 e. The molecule has 0 nitrogen and oxygen atoms in total. The summed E-state index contributed by atoms with van der Waals surface area (Å²) in [5, 5.41) is 0. The fourth-order valence-electron chi connectivity index (χ4n) is 1.21. The number of halogens is 4. The molecular weight excluding hydrogens is 628 g/mol. The Kier molecular flexibility index (Phi) is 5.45. The zero-order chi connectivity index (χ0) is 11.0. The zero-order valence-electron chi connectivity index (χ0n) is 7.72. The molecule has 0 aliphatic carbocycles. The van der Waals surface area contributed by atoms with E-state index in [2.05, 4.69) is 111 Å². The van der Waals surface area contributed by atoms with E-state index >= 15 is 0 Å². The molecule has 4 heteroatoms. The van der Waals surface area contributed by atoms with Crippen LogP contribution in [0.15, 0.2) is 6.58 Å². The molecule has 14 heavy (non-hydrogen) atoms. The lowest BCUT2D eigenvalue weighted by atomic mass is 10.0. The molecule has 0 saturated heterocycles. The van der Waals surface area contributed by atoms with Crippen molar-refractivity contribution in [1.82, 2.24) is 0 Å². The van der Waals surface area contributed by atoms with Crippen LogP contribution in [-0.2, 0) is 0 Å². The van der Waals surface area contributed by atoms with E-state index in [1.165, 1.54) is 27.4 Å². The summed E-state index contributed by atoms with van der Waals surface area (Å²) in [6.07, 6.45) is 0. The van der Waals surface area contributed by atoms with Crippen molar-refractivity contribution in [2.75, 3.05) is 0 Å². The maximum atomic E-state index is 4.04. The minimum absolute atomic E-state index is 1.13.